The number of nitrogens with two attached hydrogens (primary N) is 1. The molecule has 0 aliphatic carbocycles. The first-order valence-electron chi connectivity index (χ1n) is 5.77. The average molecular weight is 260 g/mol. The molecule has 0 radical (unpaired) electrons. The van der Waals surface area contributed by atoms with Crippen LogP contribution < -0.4 is 11.3 Å². The Kier molecular flexibility index (Phi) is 3.76. The van der Waals surface area contributed by atoms with E-state index < -0.39 is 0 Å². The molecular formula is C12H16N6O. The molecule has 1 amide bonds. The van der Waals surface area contributed by atoms with E-state index in [2.05, 4.69) is 15.5 Å². The lowest BCUT2D eigenvalue weighted by Crippen LogP contribution is -2.27. The van der Waals surface area contributed by atoms with Crippen molar-refractivity contribution >= 4 is 11.7 Å². The van der Waals surface area contributed by atoms with Crippen LogP contribution >= 0.6 is 0 Å². The van der Waals surface area contributed by atoms with Gasteiger partial charge in [-0.15, -0.1) is 0 Å². The summed E-state index contributed by atoms with van der Waals surface area (Å²) in [6, 6.07) is 5.08. The van der Waals surface area contributed by atoms with Gasteiger partial charge in [-0.3, -0.25) is 9.48 Å². The van der Waals surface area contributed by atoms with Crippen molar-refractivity contribution in [2.24, 2.45) is 12.9 Å². The Morgan fingerprint density at radius 2 is 2.32 bits per heavy atom. The zero-order chi connectivity index (χ0) is 13.8. The molecule has 2 rings (SSSR count). The number of nitrogens with one attached hydrogen (secondary N) is 1. The van der Waals surface area contributed by atoms with Gasteiger partial charge in [0.15, 0.2) is 0 Å². The molecule has 0 atom stereocenters. The van der Waals surface area contributed by atoms with Crippen LogP contribution in [-0.2, 0) is 13.6 Å². The van der Waals surface area contributed by atoms with Gasteiger partial charge in [0.2, 0.25) is 0 Å². The summed E-state index contributed by atoms with van der Waals surface area (Å²) >= 11 is 0. The minimum Gasteiger partial charge on any atom is -0.336 e. The monoisotopic (exact) mass is 260 g/mol. The van der Waals surface area contributed by atoms with Gasteiger partial charge in [-0.2, -0.15) is 5.10 Å². The molecule has 2 aromatic heterocycles. The standard InChI is InChI=1S/C12H16N6O/c1-17(7-9-6-14-18(2)8-9)12(19)10-4-3-5-11(15-10)16-13/h3-6,8H,7,13H2,1-2H3,(H,15,16). The molecule has 0 unspecified atom stereocenters. The highest BCUT2D eigenvalue weighted by Gasteiger charge is 2.14. The minimum atomic E-state index is -0.166. The highest BCUT2D eigenvalue weighted by molar-refractivity contribution is 5.92. The number of hydrogen-bond acceptors (Lipinski definition) is 5. The highest BCUT2D eigenvalue weighted by atomic mass is 16.2. The molecule has 0 fully saturated rings. The van der Waals surface area contributed by atoms with Crippen LogP contribution in [-0.4, -0.2) is 32.6 Å². The number of nitrogen functional groups attached to an aromatic ring is 1. The van der Waals surface area contributed by atoms with Crippen LogP contribution in [0.5, 0.6) is 0 Å². The highest BCUT2D eigenvalue weighted by Crippen LogP contribution is 2.08. The zero-order valence-corrected chi connectivity index (χ0v) is 10.9. The van der Waals surface area contributed by atoms with Crippen molar-refractivity contribution in [3.63, 3.8) is 0 Å². The van der Waals surface area contributed by atoms with Gasteiger partial charge >= 0.3 is 0 Å². The number of carbonyl (C=O) groups is 1. The number of nitrogens with zero attached hydrogens (tertiary/aromatic N) is 4. The predicted molar refractivity (Wildman–Crippen MR) is 71.1 cm³/mol. The number of carbonyl (C=O) groups excluding carboxylic acids is 1. The maximum absolute atomic E-state index is 12.2. The topological polar surface area (TPSA) is 89.1 Å². The molecule has 100 valence electrons. The van der Waals surface area contributed by atoms with Crippen molar-refractivity contribution in [1.82, 2.24) is 19.7 Å². The van der Waals surface area contributed by atoms with E-state index >= 15 is 0 Å². The summed E-state index contributed by atoms with van der Waals surface area (Å²) in [5.41, 5.74) is 3.73. The molecule has 0 aliphatic heterocycles. The van der Waals surface area contributed by atoms with Crippen LogP contribution in [0.15, 0.2) is 30.6 Å². The molecule has 3 N–H and O–H groups in total. The summed E-state index contributed by atoms with van der Waals surface area (Å²) < 4.78 is 1.70. The van der Waals surface area contributed by atoms with Gasteiger partial charge in [0, 0.05) is 32.4 Å². The van der Waals surface area contributed by atoms with Gasteiger partial charge in [-0.1, -0.05) is 6.07 Å². The van der Waals surface area contributed by atoms with Gasteiger partial charge in [0.25, 0.3) is 5.91 Å². The number of hydrazine groups is 1. The maximum Gasteiger partial charge on any atom is 0.272 e. The number of anilines is 1. The largest absolute Gasteiger partial charge is 0.336 e. The first kappa shape index (κ1) is 13.0. The normalized spacial score (nSPS) is 10.3. The van der Waals surface area contributed by atoms with Gasteiger partial charge in [0.05, 0.1) is 6.20 Å². The van der Waals surface area contributed by atoms with E-state index in [1.807, 2.05) is 13.2 Å². The molecule has 0 bridgehead atoms. The van der Waals surface area contributed by atoms with Gasteiger partial charge in [0.1, 0.15) is 11.5 Å². The van der Waals surface area contributed by atoms with Crippen molar-refractivity contribution in [3.8, 4) is 0 Å². The van der Waals surface area contributed by atoms with E-state index in [0.717, 1.165) is 5.56 Å². The Bertz CT molecular complexity index is 579. The number of pyridine rings is 1. The second-order valence-electron chi connectivity index (χ2n) is 4.24. The SMILES string of the molecule is CN(Cc1cnn(C)c1)C(=O)c1cccc(NN)n1. The van der Waals surface area contributed by atoms with Crippen molar-refractivity contribution < 1.29 is 4.79 Å². The quantitative estimate of drug-likeness (QED) is 0.612. The molecule has 0 aromatic carbocycles. The fourth-order valence-corrected chi connectivity index (χ4v) is 1.73. The molecule has 7 nitrogen and oxygen atoms in total. The Morgan fingerprint density at radius 3 is 2.95 bits per heavy atom. The summed E-state index contributed by atoms with van der Waals surface area (Å²) in [7, 11) is 3.56. The second kappa shape index (κ2) is 5.49. The maximum atomic E-state index is 12.2. The van der Waals surface area contributed by atoms with Gasteiger partial charge in [-0.05, 0) is 12.1 Å². The van der Waals surface area contributed by atoms with Crippen LogP contribution in [0.25, 0.3) is 0 Å². The summed E-state index contributed by atoms with van der Waals surface area (Å²) in [5.74, 6) is 5.57. The third-order valence-corrected chi connectivity index (χ3v) is 2.64. The fraction of sp³-hybridized carbons (Fsp3) is 0.250. The van der Waals surface area contributed by atoms with Crippen molar-refractivity contribution in [2.75, 3.05) is 12.5 Å². The fourth-order valence-electron chi connectivity index (χ4n) is 1.73. The zero-order valence-electron chi connectivity index (χ0n) is 10.9. The van der Waals surface area contributed by atoms with E-state index in [-0.39, 0.29) is 5.91 Å². The molecular weight excluding hydrogens is 244 g/mol. The third-order valence-electron chi connectivity index (χ3n) is 2.64. The summed E-state index contributed by atoms with van der Waals surface area (Å²) in [4.78, 5) is 17.9. The van der Waals surface area contributed by atoms with E-state index in [4.69, 9.17) is 5.84 Å². The summed E-state index contributed by atoms with van der Waals surface area (Å²) in [5, 5.41) is 4.07. The average Bonchev–Trinajstić information content (AvgIpc) is 2.83. The van der Waals surface area contributed by atoms with Crippen molar-refractivity contribution in [2.45, 2.75) is 6.54 Å². The number of aromatic nitrogens is 3. The molecule has 0 saturated carbocycles. The van der Waals surface area contributed by atoms with E-state index in [1.165, 1.54) is 0 Å². The van der Waals surface area contributed by atoms with Crippen LogP contribution in [0.4, 0.5) is 5.82 Å². The predicted octanol–water partition coefficient (Wildman–Crippen LogP) is 0.373. The molecule has 2 aromatic rings. The number of rotatable bonds is 4. The lowest BCUT2D eigenvalue weighted by molar-refractivity contribution is 0.0779. The Morgan fingerprint density at radius 1 is 1.53 bits per heavy atom. The number of hydrogen-bond donors (Lipinski definition) is 2. The first-order chi connectivity index (χ1) is 9.10. The van der Waals surface area contributed by atoms with E-state index in [0.29, 0.717) is 18.1 Å². The molecule has 0 spiro atoms. The molecule has 0 saturated heterocycles. The Balaban J connectivity index is 2.09. The van der Waals surface area contributed by atoms with Crippen LogP contribution in [0.2, 0.25) is 0 Å². The lowest BCUT2D eigenvalue weighted by Gasteiger charge is -2.15. The second-order valence-corrected chi connectivity index (χ2v) is 4.24. The first-order valence-corrected chi connectivity index (χ1v) is 5.77. The van der Waals surface area contributed by atoms with Gasteiger partial charge in [-0.25, -0.2) is 10.8 Å². The van der Waals surface area contributed by atoms with Crippen molar-refractivity contribution in [1.29, 1.82) is 0 Å². The summed E-state index contributed by atoms with van der Waals surface area (Å²) in [6.45, 7) is 0.481. The van der Waals surface area contributed by atoms with E-state index in [1.54, 1.807) is 41.0 Å². The molecule has 7 heteroatoms. The van der Waals surface area contributed by atoms with Crippen LogP contribution in [0.1, 0.15) is 16.1 Å². The van der Waals surface area contributed by atoms with Crippen LogP contribution in [0.3, 0.4) is 0 Å². The van der Waals surface area contributed by atoms with Crippen LogP contribution in [0, 0.1) is 0 Å². The third kappa shape index (κ3) is 3.08. The molecule has 0 aliphatic rings. The van der Waals surface area contributed by atoms with Crippen molar-refractivity contribution in [3.05, 3.63) is 41.9 Å². The Labute approximate surface area is 111 Å². The summed E-state index contributed by atoms with van der Waals surface area (Å²) in [6.07, 6.45) is 3.60. The molecule has 2 heterocycles. The number of amides is 1. The number of aryl methyl sites for hydroxylation is 1. The van der Waals surface area contributed by atoms with E-state index in [9.17, 15) is 4.79 Å². The van der Waals surface area contributed by atoms with Gasteiger partial charge < -0.3 is 10.3 Å². The minimum absolute atomic E-state index is 0.166. The Hall–Kier alpha value is -2.41. The lowest BCUT2D eigenvalue weighted by atomic mass is 10.3. The molecule has 19 heavy (non-hydrogen) atoms. The smallest absolute Gasteiger partial charge is 0.272 e.